The topological polar surface area (TPSA) is 89.3 Å². The molecule has 0 aliphatic rings. The third-order valence-corrected chi connectivity index (χ3v) is 4.16. The van der Waals surface area contributed by atoms with Crippen LogP contribution in [-0.4, -0.2) is 13.3 Å². The molecule has 0 fully saturated rings. The Hall–Kier alpha value is -2.62. The van der Waals surface area contributed by atoms with Crippen molar-refractivity contribution in [2.24, 2.45) is 0 Å². The molecule has 6 nitrogen and oxygen atoms in total. The van der Waals surface area contributed by atoms with Crippen LogP contribution in [0, 0.1) is 10.1 Å². The second kappa shape index (κ2) is 5.88. The summed E-state index contributed by atoms with van der Waals surface area (Å²) in [6.45, 7) is 0. The second-order valence-corrected chi connectivity index (χ2v) is 6.12. The Bertz CT molecular complexity index is 850. The lowest BCUT2D eigenvalue weighted by atomic mass is 10.2. The molecule has 0 saturated heterocycles. The number of non-ortho nitro benzene ring substituents is 1. The fraction of sp³-hybridized carbons (Fsp3) is 0.0769. The first-order valence-electron chi connectivity index (χ1n) is 6.04. The Morgan fingerprint density at radius 2 is 1.70 bits per heavy atom. The number of hydrogen-bond donors (Lipinski definition) is 1. The van der Waals surface area contributed by atoms with E-state index in [1.165, 1.54) is 12.1 Å². The van der Waals surface area contributed by atoms with Gasteiger partial charge in [-0.2, -0.15) is 13.2 Å². The van der Waals surface area contributed by atoms with Gasteiger partial charge in [0.05, 0.1) is 21.1 Å². The molecule has 2 rings (SSSR count). The molecule has 0 aliphatic carbocycles. The van der Waals surface area contributed by atoms with Crippen molar-refractivity contribution < 1.29 is 26.5 Å². The van der Waals surface area contributed by atoms with E-state index in [0.717, 1.165) is 30.3 Å². The number of benzene rings is 2. The van der Waals surface area contributed by atoms with Gasteiger partial charge in [0.2, 0.25) is 0 Å². The first-order chi connectivity index (χ1) is 10.6. The van der Waals surface area contributed by atoms with Gasteiger partial charge in [-0.3, -0.25) is 14.8 Å². The van der Waals surface area contributed by atoms with Crippen LogP contribution in [0.1, 0.15) is 5.56 Å². The van der Waals surface area contributed by atoms with Crippen molar-refractivity contribution >= 4 is 21.4 Å². The molecule has 122 valence electrons. The third-order valence-electron chi connectivity index (χ3n) is 2.78. The zero-order valence-corrected chi connectivity index (χ0v) is 12.1. The first-order valence-corrected chi connectivity index (χ1v) is 7.52. The summed E-state index contributed by atoms with van der Waals surface area (Å²) in [6, 6.07) is 7.80. The third kappa shape index (κ3) is 3.97. The fourth-order valence-corrected chi connectivity index (χ4v) is 2.83. The van der Waals surface area contributed by atoms with Gasteiger partial charge in [0.15, 0.2) is 0 Å². The minimum atomic E-state index is -4.68. The Morgan fingerprint density at radius 1 is 1.04 bits per heavy atom. The lowest BCUT2D eigenvalue weighted by Crippen LogP contribution is -2.14. The Labute approximate surface area is 128 Å². The van der Waals surface area contributed by atoms with Crippen molar-refractivity contribution in [2.45, 2.75) is 11.1 Å². The summed E-state index contributed by atoms with van der Waals surface area (Å²) in [4.78, 5) is 9.33. The molecule has 0 amide bonds. The van der Waals surface area contributed by atoms with Gasteiger partial charge in [0, 0.05) is 12.1 Å². The summed E-state index contributed by atoms with van der Waals surface area (Å²) in [5.41, 5.74) is -1.59. The second-order valence-electron chi connectivity index (χ2n) is 4.44. The normalized spacial score (nSPS) is 12.0. The largest absolute Gasteiger partial charge is 0.416 e. The van der Waals surface area contributed by atoms with Crippen molar-refractivity contribution in [3.8, 4) is 0 Å². The number of sulfonamides is 1. The van der Waals surface area contributed by atoms with E-state index in [-0.39, 0.29) is 11.4 Å². The summed E-state index contributed by atoms with van der Waals surface area (Å²) >= 11 is 0. The van der Waals surface area contributed by atoms with E-state index in [2.05, 4.69) is 0 Å². The summed E-state index contributed by atoms with van der Waals surface area (Å²) in [5, 5.41) is 10.6. The van der Waals surface area contributed by atoms with Crippen LogP contribution < -0.4 is 4.72 Å². The Kier molecular flexibility index (Phi) is 4.28. The van der Waals surface area contributed by atoms with Crippen molar-refractivity contribution in [1.82, 2.24) is 0 Å². The van der Waals surface area contributed by atoms with Crippen LogP contribution >= 0.6 is 0 Å². The molecule has 0 aromatic heterocycles. The zero-order valence-electron chi connectivity index (χ0n) is 11.2. The standard InChI is InChI=1S/C13H9F3N2O4S/c14-13(15,16)9-3-1-6-12(7-9)23(21,22)17-10-4-2-5-11(8-10)18(19)20/h1-8,17H. The summed E-state index contributed by atoms with van der Waals surface area (Å²) in [5.74, 6) is 0. The van der Waals surface area contributed by atoms with Crippen LogP contribution in [0.15, 0.2) is 53.4 Å². The minimum absolute atomic E-state index is 0.128. The van der Waals surface area contributed by atoms with Crippen LogP contribution in [0.2, 0.25) is 0 Å². The van der Waals surface area contributed by atoms with E-state index >= 15 is 0 Å². The van der Waals surface area contributed by atoms with Gasteiger partial charge in [0.1, 0.15) is 0 Å². The highest BCUT2D eigenvalue weighted by molar-refractivity contribution is 7.92. The van der Waals surface area contributed by atoms with Crippen molar-refractivity contribution in [3.63, 3.8) is 0 Å². The van der Waals surface area contributed by atoms with E-state index in [9.17, 15) is 31.7 Å². The van der Waals surface area contributed by atoms with Crippen LogP contribution in [0.25, 0.3) is 0 Å². The molecule has 2 aromatic carbocycles. The average molecular weight is 346 g/mol. The molecule has 0 aliphatic heterocycles. The maximum absolute atomic E-state index is 12.6. The predicted molar refractivity (Wildman–Crippen MR) is 75.3 cm³/mol. The molecular weight excluding hydrogens is 337 g/mol. The summed E-state index contributed by atoms with van der Waals surface area (Å²) in [7, 11) is -4.31. The number of nitrogens with zero attached hydrogens (tertiary/aromatic N) is 1. The van der Waals surface area contributed by atoms with Gasteiger partial charge in [-0.15, -0.1) is 0 Å². The Balaban J connectivity index is 2.36. The lowest BCUT2D eigenvalue weighted by molar-refractivity contribution is -0.384. The number of anilines is 1. The quantitative estimate of drug-likeness (QED) is 0.678. The van der Waals surface area contributed by atoms with Gasteiger partial charge in [0.25, 0.3) is 15.7 Å². The fourth-order valence-electron chi connectivity index (χ4n) is 1.74. The van der Waals surface area contributed by atoms with Gasteiger partial charge >= 0.3 is 6.18 Å². The smallest absolute Gasteiger partial charge is 0.279 e. The number of hydrogen-bond acceptors (Lipinski definition) is 4. The maximum atomic E-state index is 12.6. The number of rotatable bonds is 4. The molecule has 0 saturated carbocycles. The average Bonchev–Trinajstić information content (AvgIpc) is 2.46. The molecule has 0 bridgehead atoms. The van der Waals surface area contributed by atoms with Crippen molar-refractivity contribution in [3.05, 3.63) is 64.2 Å². The highest BCUT2D eigenvalue weighted by Crippen LogP contribution is 2.31. The monoisotopic (exact) mass is 346 g/mol. The molecule has 0 unspecified atom stereocenters. The van der Waals surface area contributed by atoms with Crippen LogP contribution in [0.3, 0.4) is 0 Å². The molecule has 2 aromatic rings. The summed E-state index contributed by atoms with van der Waals surface area (Å²) in [6.07, 6.45) is -4.68. The summed E-state index contributed by atoms with van der Waals surface area (Å²) < 4.78 is 64.1. The SMILES string of the molecule is O=[N+]([O-])c1cccc(NS(=O)(=O)c2cccc(C(F)(F)F)c2)c1. The van der Waals surface area contributed by atoms with Gasteiger partial charge in [-0.05, 0) is 24.3 Å². The van der Waals surface area contributed by atoms with Crippen LogP contribution in [0.4, 0.5) is 24.5 Å². The number of nitrogens with one attached hydrogen (secondary N) is 1. The van der Waals surface area contributed by atoms with E-state index in [0.29, 0.717) is 6.07 Å². The zero-order chi connectivity index (χ0) is 17.3. The van der Waals surface area contributed by atoms with E-state index in [1.54, 1.807) is 0 Å². The van der Waals surface area contributed by atoms with E-state index in [4.69, 9.17) is 0 Å². The lowest BCUT2D eigenvalue weighted by Gasteiger charge is -2.11. The number of nitro groups is 1. The highest BCUT2D eigenvalue weighted by atomic mass is 32.2. The molecule has 23 heavy (non-hydrogen) atoms. The highest BCUT2D eigenvalue weighted by Gasteiger charge is 2.31. The molecule has 10 heteroatoms. The molecule has 1 N–H and O–H groups in total. The predicted octanol–water partition coefficient (Wildman–Crippen LogP) is 3.41. The van der Waals surface area contributed by atoms with Gasteiger partial charge < -0.3 is 0 Å². The number of nitro benzene ring substituents is 1. The molecule has 0 radical (unpaired) electrons. The number of alkyl halides is 3. The Morgan fingerprint density at radius 3 is 2.30 bits per heavy atom. The van der Waals surface area contributed by atoms with E-state index < -0.39 is 31.6 Å². The van der Waals surface area contributed by atoms with Crippen molar-refractivity contribution in [1.29, 1.82) is 0 Å². The van der Waals surface area contributed by atoms with Crippen LogP contribution in [-0.2, 0) is 16.2 Å². The van der Waals surface area contributed by atoms with Gasteiger partial charge in [-0.1, -0.05) is 12.1 Å². The van der Waals surface area contributed by atoms with Gasteiger partial charge in [-0.25, -0.2) is 8.42 Å². The molecule has 0 heterocycles. The van der Waals surface area contributed by atoms with E-state index in [1.807, 2.05) is 4.72 Å². The first kappa shape index (κ1) is 16.7. The molecule has 0 spiro atoms. The van der Waals surface area contributed by atoms with Crippen LogP contribution in [0.5, 0.6) is 0 Å². The van der Waals surface area contributed by atoms with Crippen molar-refractivity contribution in [2.75, 3.05) is 4.72 Å². The molecule has 0 atom stereocenters. The minimum Gasteiger partial charge on any atom is -0.279 e. The number of halogens is 3. The maximum Gasteiger partial charge on any atom is 0.416 e. The molecular formula is C13H9F3N2O4S.